The maximum absolute atomic E-state index is 12.2. The van der Waals surface area contributed by atoms with Crippen LogP contribution < -0.4 is 10.6 Å². The molecule has 0 radical (unpaired) electrons. The Kier molecular flexibility index (Phi) is 5.12. The molecule has 0 fully saturated rings. The number of pyridine rings is 1. The van der Waals surface area contributed by atoms with Gasteiger partial charge in [0.05, 0.1) is 11.3 Å². The normalized spacial score (nSPS) is 10.3. The zero-order chi connectivity index (χ0) is 14.4. The van der Waals surface area contributed by atoms with Crippen LogP contribution in [-0.2, 0) is 6.54 Å². The average Bonchev–Trinajstić information content (AvgIpc) is 2.88. The van der Waals surface area contributed by atoms with Gasteiger partial charge >= 0.3 is 0 Å². The van der Waals surface area contributed by atoms with E-state index in [2.05, 4.69) is 40.2 Å². The largest absolute Gasteiger partial charge is 0.384 e. The highest BCUT2D eigenvalue weighted by Crippen LogP contribution is 2.15. The van der Waals surface area contributed by atoms with Crippen molar-refractivity contribution in [3.05, 3.63) is 45.9 Å². The molecule has 0 spiro atoms. The molecule has 0 aliphatic carbocycles. The molecule has 0 saturated carbocycles. The van der Waals surface area contributed by atoms with Gasteiger partial charge in [-0.25, -0.2) is 0 Å². The third kappa shape index (κ3) is 3.57. The van der Waals surface area contributed by atoms with E-state index in [9.17, 15) is 4.79 Å². The van der Waals surface area contributed by atoms with Gasteiger partial charge < -0.3 is 10.6 Å². The highest BCUT2D eigenvalue weighted by molar-refractivity contribution is 7.08. The van der Waals surface area contributed by atoms with Crippen molar-refractivity contribution in [2.24, 2.45) is 0 Å². The smallest absolute Gasteiger partial charge is 0.255 e. The van der Waals surface area contributed by atoms with Crippen LogP contribution in [-0.4, -0.2) is 17.4 Å². The molecule has 0 saturated heterocycles. The van der Waals surface area contributed by atoms with E-state index in [1.54, 1.807) is 23.7 Å². The monoisotopic (exact) mass is 289 g/mol. The molecule has 2 rings (SSSR count). The lowest BCUT2D eigenvalue weighted by atomic mass is 10.2. The SMILES string of the molecule is CCCNc1ccncc1C(=O)NCc1cscc1C. The van der Waals surface area contributed by atoms with Crippen LogP contribution in [0.4, 0.5) is 5.69 Å². The molecule has 0 aliphatic heterocycles. The Morgan fingerprint density at radius 3 is 2.95 bits per heavy atom. The van der Waals surface area contributed by atoms with Gasteiger partial charge in [0.25, 0.3) is 5.91 Å². The number of hydrogen-bond donors (Lipinski definition) is 2. The third-order valence-corrected chi connectivity index (χ3v) is 3.94. The lowest BCUT2D eigenvalue weighted by Crippen LogP contribution is -2.24. The first-order chi connectivity index (χ1) is 9.72. The molecule has 0 bridgehead atoms. The van der Waals surface area contributed by atoms with Gasteiger partial charge in [0, 0.05) is 25.5 Å². The van der Waals surface area contributed by atoms with Gasteiger partial charge in [-0.1, -0.05) is 6.92 Å². The third-order valence-electron chi connectivity index (χ3n) is 3.03. The van der Waals surface area contributed by atoms with E-state index >= 15 is 0 Å². The predicted octanol–water partition coefficient (Wildman–Crippen LogP) is 3.20. The van der Waals surface area contributed by atoms with Gasteiger partial charge in [-0.05, 0) is 41.3 Å². The summed E-state index contributed by atoms with van der Waals surface area (Å²) in [6, 6.07) is 1.83. The topological polar surface area (TPSA) is 54.0 Å². The number of anilines is 1. The minimum absolute atomic E-state index is 0.0951. The van der Waals surface area contributed by atoms with E-state index < -0.39 is 0 Å². The Balaban J connectivity index is 2.03. The van der Waals surface area contributed by atoms with Crippen LogP contribution in [0.15, 0.2) is 29.2 Å². The van der Waals surface area contributed by atoms with Gasteiger partial charge in [0.15, 0.2) is 0 Å². The summed E-state index contributed by atoms with van der Waals surface area (Å²) in [5.41, 5.74) is 3.80. The number of thiophene rings is 1. The highest BCUT2D eigenvalue weighted by atomic mass is 32.1. The Morgan fingerprint density at radius 2 is 2.25 bits per heavy atom. The summed E-state index contributed by atoms with van der Waals surface area (Å²) < 4.78 is 0. The van der Waals surface area contributed by atoms with Crippen molar-refractivity contribution in [1.82, 2.24) is 10.3 Å². The quantitative estimate of drug-likeness (QED) is 0.858. The molecule has 1 amide bonds. The minimum Gasteiger partial charge on any atom is -0.384 e. The van der Waals surface area contributed by atoms with Crippen molar-refractivity contribution < 1.29 is 4.79 Å². The number of nitrogens with zero attached hydrogens (tertiary/aromatic N) is 1. The number of carbonyl (C=O) groups is 1. The summed E-state index contributed by atoms with van der Waals surface area (Å²) in [4.78, 5) is 16.3. The Morgan fingerprint density at radius 1 is 1.40 bits per heavy atom. The fraction of sp³-hybridized carbons (Fsp3) is 0.333. The van der Waals surface area contributed by atoms with E-state index in [-0.39, 0.29) is 5.91 Å². The highest BCUT2D eigenvalue weighted by Gasteiger charge is 2.11. The van der Waals surface area contributed by atoms with E-state index in [1.807, 2.05) is 6.07 Å². The zero-order valence-corrected chi connectivity index (χ0v) is 12.6. The van der Waals surface area contributed by atoms with Crippen LogP contribution in [0.5, 0.6) is 0 Å². The number of hydrogen-bond acceptors (Lipinski definition) is 4. The number of carbonyl (C=O) groups excluding carboxylic acids is 1. The maximum Gasteiger partial charge on any atom is 0.255 e. The van der Waals surface area contributed by atoms with Gasteiger partial charge in [-0.2, -0.15) is 11.3 Å². The fourth-order valence-electron chi connectivity index (χ4n) is 1.83. The van der Waals surface area contributed by atoms with Crippen LogP contribution in [0.2, 0.25) is 0 Å². The van der Waals surface area contributed by atoms with E-state index in [4.69, 9.17) is 0 Å². The Labute approximate surface area is 123 Å². The average molecular weight is 289 g/mol. The summed E-state index contributed by atoms with van der Waals surface area (Å²) in [5.74, 6) is -0.0951. The second-order valence-electron chi connectivity index (χ2n) is 4.61. The number of rotatable bonds is 6. The van der Waals surface area contributed by atoms with Crippen LogP contribution in [0.1, 0.15) is 34.8 Å². The maximum atomic E-state index is 12.2. The van der Waals surface area contributed by atoms with Crippen LogP contribution in [0, 0.1) is 6.92 Å². The summed E-state index contributed by atoms with van der Waals surface area (Å²) in [6.45, 7) is 5.54. The summed E-state index contributed by atoms with van der Waals surface area (Å²) in [7, 11) is 0. The number of aryl methyl sites for hydroxylation is 1. The zero-order valence-electron chi connectivity index (χ0n) is 11.8. The molecule has 0 unspecified atom stereocenters. The van der Waals surface area contributed by atoms with Crippen molar-refractivity contribution in [1.29, 1.82) is 0 Å². The van der Waals surface area contributed by atoms with Gasteiger partial charge in [-0.15, -0.1) is 0 Å². The fourth-order valence-corrected chi connectivity index (χ4v) is 2.68. The molecule has 4 nitrogen and oxygen atoms in total. The summed E-state index contributed by atoms with van der Waals surface area (Å²) in [5, 5.41) is 10.3. The van der Waals surface area contributed by atoms with Crippen LogP contribution in [0.25, 0.3) is 0 Å². The standard InChI is InChI=1S/C15H19N3OS/c1-3-5-17-14-4-6-16-8-13(14)15(19)18-7-12-10-20-9-11(12)2/h4,6,8-10H,3,5,7H2,1-2H3,(H,16,17)(H,18,19). The van der Waals surface area contributed by atoms with Crippen molar-refractivity contribution in [2.75, 3.05) is 11.9 Å². The first-order valence-electron chi connectivity index (χ1n) is 6.70. The molecular weight excluding hydrogens is 270 g/mol. The molecule has 2 aromatic heterocycles. The second-order valence-corrected chi connectivity index (χ2v) is 5.35. The lowest BCUT2D eigenvalue weighted by Gasteiger charge is -2.11. The van der Waals surface area contributed by atoms with E-state index in [0.29, 0.717) is 12.1 Å². The van der Waals surface area contributed by atoms with Crippen molar-refractivity contribution >= 4 is 22.9 Å². The van der Waals surface area contributed by atoms with E-state index in [1.165, 1.54) is 5.56 Å². The number of nitrogens with one attached hydrogen (secondary N) is 2. The van der Waals surface area contributed by atoms with Crippen LogP contribution in [0.3, 0.4) is 0 Å². The molecular formula is C15H19N3OS. The first-order valence-corrected chi connectivity index (χ1v) is 7.64. The molecule has 0 aromatic carbocycles. The van der Waals surface area contributed by atoms with Crippen molar-refractivity contribution in [2.45, 2.75) is 26.8 Å². The molecule has 2 heterocycles. The van der Waals surface area contributed by atoms with Gasteiger partial charge in [-0.3, -0.25) is 9.78 Å². The second kappa shape index (κ2) is 7.05. The molecule has 5 heteroatoms. The lowest BCUT2D eigenvalue weighted by molar-refractivity contribution is 0.0951. The molecule has 0 atom stereocenters. The van der Waals surface area contributed by atoms with Crippen LogP contribution >= 0.6 is 11.3 Å². The van der Waals surface area contributed by atoms with Gasteiger partial charge in [0.1, 0.15) is 0 Å². The predicted molar refractivity (Wildman–Crippen MR) is 83.2 cm³/mol. The number of aromatic nitrogens is 1. The molecule has 20 heavy (non-hydrogen) atoms. The first kappa shape index (κ1) is 14.5. The van der Waals surface area contributed by atoms with E-state index in [0.717, 1.165) is 24.2 Å². The van der Waals surface area contributed by atoms with Crippen molar-refractivity contribution in [3.8, 4) is 0 Å². The van der Waals surface area contributed by atoms with Gasteiger partial charge in [0.2, 0.25) is 0 Å². The molecule has 2 N–H and O–H groups in total. The Hall–Kier alpha value is -1.88. The molecule has 106 valence electrons. The molecule has 0 aliphatic rings. The molecule has 2 aromatic rings. The summed E-state index contributed by atoms with van der Waals surface area (Å²) >= 11 is 1.65. The minimum atomic E-state index is -0.0951. The number of amides is 1. The van der Waals surface area contributed by atoms with Crippen molar-refractivity contribution in [3.63, 3.8) is 0 Å². The Bertz CT molecular complexity index is 580. The summed E-state index contributed by atoms with van der Waals surface area (Å²) in [6.07, 6.45) is 4.31.